The Labute approximate surface area is 236 Å². The quantitative estimate of drug-likeness (QED) is 0.251. The lowest BCUT2D eigenvalue weighted by Crippen LogP contribution is -2.39. The fraction of sp³-hybridized carbons (Fsp3) is 0.276. The fourth-order valence-electron chi connectivity index (χ4n) is 4.36. The van der Waals surface area contributed by atoms with Crippen LogP contribution in [0.1, 0.15) is 30.9 Å². The van der Waals surface area contributed by atoms with E-state index in [1.54, 1.807) is 41.6 Å². The zero-order valence-corrected chi connectivity index (χ0v) is 22.9. The maximum absolute atomic E-state index is 14.8. The number of nitrogens with one attached hydrogen (secondary N) is 1. The number of hydrogen-bond donors (Lipinski definition) is 2. The van der Waals surface area contributed by atoms with Crippen molar-refractivity contribution in [3.05, 3.63) is 96.0 Å². The topological polar surface area (TPSA) is 89.2 Å². The first kappa shape index (κ1) is 29.2. The maximum atomic E-state index is 14.8. The van der Waals surface area contributed by atoms with Gasteiger partial charge in [-0.15, -0.1) is 0 Å². The molecule has 3 aromatic rings. The van der Waals surface area contributed by atoms with E-state index < -0.39 is 11.7 Å². The van der Waals surface area contributed by atoms with Gasteiger partial charge in [-0.2, -0.15) is 23.4 Å². The van der Waals surface area contributed by atoms with Crippen molar-refractivity contribution >= 4 is 28.0 Å². The second-order valence-electron chi connectivity index (χ2n) is 9.37. The summed E-state index contributed by atoms with van der Waals surface area (Å²) in [6, 6.07) is 9.53. The van der Waals surface area contributed by atoms with Crippen LogP contribution in [-0.2, 0) is 6.18 Å². The van der Waals surface area contributed by atoms with Gasteiger partial charge < -0.3 is 20.7 Å². The van der Waals surface area contributed by atoms with Crippen LogP contribution in [0.3, 0.4) is 0 Å². The van der Waals surface area contributed by atoms with Crippen LogP contribution in [-0.4, -0.2) is 34.8 Å². The number of piperidine rings is 1. The maximum Gasteiger partial charge on any atom is 0.422 e. The van der Waals surface area contributed by atoms with Gasteiger partial charge in [-0.05, 0) is 67.5 Å². The molecule has 1 atom stereocenters. The molecule has 4 rings (SSSR count). The number of rotatable bonds is 10. The molecule has 0 unspecified atom stereocenters. The van der Waals surface area contributed by atoms with E-state index in [4.69, 9.17) is 10.5 Å². The van der Waals surface area contributed by atoms with Crippen molar-refractivity contribution in [2.24, 2.45) is 11.7 Å². The van der Waals surface area contributed by atoms with Crippen LogP contribution >= 0.6 is 11.8 Å². The Morgan fingerprint density at radius 2 is 2.02 bits per heavy atom. The van der Waals surface area contributed by atoms with Crippen LogP contribution in [0.4, 0.5) is 24.5 Å². The van der Waals surface area contributed by atoms with Crippen molar-refractivity contribution in [2.45, 2.75) is 25.9 Å². The van der Waals surface area contributed by atoms with Gasteiger partial charge in [0.1, 0.15) is 11.3 Å². The summed E-state index contributed by atoms with van der Waals surface area (Å²) in [6.07, 6.45) is 1.54. The molecule has 7 nitrogen and oxygen atoms in total. The second-order valence-corrected chi connectivity index (χ2v) is 10.3. The number of pyridine rings is 1. The Bertz CT molecular complexity index is 1370. The predicted molar refractivity (Wildman–Crippen MR) is 155 cm³/mol. The first-order chi connectivity index (χ1) is 19.2. The Kier molecular flexibility index (Phi) is 9.49. The van der Waals surface area contributed by atoms with Crippen molar-refractivity contribution in [1.82, 2.24) is 15.2 Å². The minimum Gasteiger partial charge on any atom is -0.438 e. The lowest BCUT2D eigenvalue weighted by molar-refractivity contribution is -0.138. The average molecular weight is 569 g/mol. The third-order valence-corrected chi connectivity index (χ3v) is 7.48. The van der Waals surface area contributed by atoms with E-state index in [1.165, 1.54) is 30.1 Å². The predicted octanol–water partition coefficient (Wildman–Crippen LogP) is 7.09. The summed E-state index contributed by atoms with van der Waals surface area (Å²) in [4.78, 5) is 6.54. The summed E-state index contributed by atoms with van der Waals surface area (Å²) in [7, 11) is 0. The third kappa shape index (κ3) is 7.22. The van der Waals surface area contributed by atoms with Gasteiger partial charge in [0.05, 0.1) is 23.8 Å². The van der Waals surface area contributed by atoms with Gasteiger partial charge in [-0.25, -0.2) is 4.98 Å². The van der Waals surface area contributed by atoms with Crippen molar-refractivity contribution in [1.29, 1.82) is 0 Å². The summed E-state index contributed by atoms with van der Waals surface area (Å²) in [6.45, 7) is 11.2. The van der Waals surface area contributed by atoms with Crippen LogP contribution in [0.5, 0.6) is 11.6 Å². The molecule has 0 bridgehead atoms. The molecule has 1 saturated heterocycles. The molecule has 1 aromatic carbocycles. The molecule has 0 saturated carbocycles. The third-order valence-electron chi connectivity index (χ3n) is 6.49. The van der Waals surface area contributed by atoms with Crippen molar-refractivity contribution in [2.75, 3.05) is 29.9 Å². The molecule has 1 aliphatic rings. The van der Waals surface area contributed by atoms with Crippen molar-refractivity contribution in [3.8, 4) is 11.6 Å². The summed E-state index contributed by atoms with van der Waals surface area (Å²) in [5.41, 5.74) is 7.34. The van der Waals surface area contributed by atoms with E-state index in [2.05, 4.69) is 33.7 Å². The van der Waals surface area contributed by atoms with Crippen LogP contribution < -0.4 is 20.7 Å². The zero-order chi connectivity index (χ0) is 28.7. The number of hydrogen-bond acceptors (Lipinski definition) is 8. The van der Waals surface area contributed by atoms with Gasteiger partial charge in [-0.3, -0.25) is 0 Å². The lowest BCUT2D eigenvalue weighted by Gasteiger charge is -2.37. The number of ether oxygens (including phenoxy) is 1. The Balaban J connectivity index is 1.69. The molecule has 3 heterocycles. The van der Waals surface area contributed by atoms with Crippen molar-refractivity contribution in [3.63, 3.8) is 0 Å². The zero-order valence-electron chi connectivity index (χ0n) is 22.1. The van der Waals surface area contributed by atoms with E-state index in [0.717, 1.165) is 28.9 Å². The molecule has 0 radical (unpaired) electrons. The second kappa shape index (κ2) is 13.0. The van der Waals surface area contributed by atoms with Gasteiger partial charge in [-0.1, -0.05) is 31.0 Å². The molecule has 2 aromatic heterocycles. The van der Waals surface area contributed by atoms with Gasteiger partial charge in [0.25, 0.3) is 0 Å². The number of allylic oxidation sites excluding steroid dienone is 1. The highest BCUT2D eigenvalue weighted by molar-refractivity contribution is 8.10. The summed E-state index contributed by atoms with van der Waals surface area (Å²) < 4.78 is 49.9. The molecule has 210 valence electrons. The Morgan fingerprint density at radius 1 is 1.20 bits per heavy atom. The smallest absolute Gasteiger partial charge is 0.422 e. The summed E-state index contributed by atoms with van der Waals surface area (Å²) in [5.74, 6) is -0.168. The molecule has 3 N–H and O–H groups in total. The van der Waals surface area contributed by atoms with E-state index in [0.29, 0.717) is 25.3 Å². The largest absolute Gasteiger partial charge is 0.438 e. The normalized spacial score (nSPS) is 16.0. The van der Waals surface area contributed by atoms with Crippen molar-refractivity contribution < 1.29 is 17.9 Å². The highest BCUT2D eigenvalue weighted by atomic mass is 32.2. The number of aromatic nitrogens is 3. The Hall–Kier alpha value is -3.83. The lowest BCUT2D eigenvalue weighted by atomic mass is 9.96. The Morgan fingerprint density at radius 3 is 2.70 bits per heavy atom. The summed E-state index contributed by atoms with van der Waals surface area (Å²) >= 11 is 1.37. The van der Waals surface area contributed by atoms with E-state index >= 15 is 0 Å². The first-order valence-electron chi connectivity index (χ1n) is 12.7. The molecule has 1 aliphatic heterocycles. The van der Waals surface area contributed by atoms with Crippen LogP contribution in [0.15, 0.2) is 84.8 Å². The summed E-state index contributed by atoms with van der Waals surface area (Å²) in [5, 5.41) is 12.6. The molecule has 40 heavy (non-hydrogen) atoms. The minimum absolute atomic E-state index is 0.00736. The number of thioether (sulfide) groups is 1. The molecule has 0 spiro atoms. The first-order valence-corrected chi connectivity index (χ1v) is 13.6. The van der Waals surface area contributed by atoms with E-state index in [1.807, 2.05) is 12.3 Å². The highest BCUT2D eigenvalue weighted by Gasteiger charge is 2.41. The highest BCUT2D eigenvalue weighted by Crippen LogP contribution is 2.48. The van der Waals surface area contributed by atoms with Gasteiger partial charge in [0.15, 0.2) is 0 Å². The number of anilines is 2. The number of alkyl halides is 3. The van der Waals surface area contributed by atoms with Crippen LogP contribution in [0.25, 0.3) is 4.91 Å². The van der Waals surface area contributed by atoms with Crippen LogP contribution in [0.2, 0.25) is 0 Å². The fourth-order valence-corrected chi connectivity index (χ4v) is 5.08. The average Bonchev–Trinajstić information content (AvgIpc) is 2.96. The molecule has 11 heteroatoms. The molecule has 1 fully saturated rings. The van der Waals surface area contributed by atoms with Gasteiger partial charge in [0, 0.05) is 41.5 Å². The van der Waals surface area contributed by atoms with E-state index in [-0.39, 0.29) is 28.9 Å². The molecule has 0 aliphatic carbocycles. The number of nitrogens with zero attached hydrogens (tertiary/aromatic N) is 4. The minimum atomic E-state index is -4.70. The number of benzene rings is 1. The molecular weight excluding hydrogens is 537 g/mol. The van der Waals surface area contributed by atoms with Crippen LogP contribution in [0, 0.1) is 5.92 Å². The molecular formula is C29H31F3N6OS. The van der Waals surface area contributed by atoms with Gasteiger partial charge in [0.2, 0.25) is 5.88 Å². The number of nitrogens with two attached hydrogens (primary N) is 1. The van der Waals surface area contributed by atoms with Gasteiger partial charge >= 0.3 is 6.18 Å². The van der Waals surface area contributed by atoms with E-state index in [9.17, 15) is 13.2 Å². The number of halogens is 3. The standard InChI is InChI=1S/C29H31F3N6OS/c1-19(18-40-21(3)23-11-13-35-36-16-23)20(2)37-24-9-10-25(39-26-8-4-5-12-34-26)27(29(30,31)32)28(24)38-14-6-7-22(15-33)17-38/h4-5,8-13,16,18,22,37H,2-3,6-7,14-15,17,33H2,1H3/b19-18+/t22-/m0/s1. The monoisotopic (exact) mass is 568 g/mol. The molecule has 0 amide bonds. The SMILES string of the molecule is C=C(Nc1ccc(Oc2ccccn2)c(C(F)(F)F)c1N1CCC[C@@H](CN)C1)/C(C)=C/SC(=C)c1ccnnc1.